The molecule has 0 radical (unpaired) electrons. The van der Waals surface area contributed by atoms with Gasteiger partial charge in [-0.15, -0.1) is 11.3 Å². The number of amides is 2. The molecule has 0 saturated heterocycles. The van der Waals surface area contributed by atoms with Crippen molar-refractivity contribution in [1.82, 2.24) is 10.5 Å². The summed E-state index contributed by atoms with van der Waals surface area (Å²) in [5.41, 5.74) is 2.06. The second-order valence-corrected chi connectivity index (χ2v) is 7.82. The molecule has 3 rings (SSSR count). The molecule has 0 saturated carbocycles. The third-order valence-corrected chi connectivity index (χ3v) is 5.31. The quantitative estimate of drug-likeness (QED) is 0.635. The molecule has 146 valence electrons. The highest BCUT2D eigenvalue weighted by molar-refractivity contribution is 7.09. The molecule has 0 aliphatic heterocycles. The van der Waals surface area contributed by atoms with Crippen LogP contribution in [0.5, 0.6) is 0 Å². The van der Waals surface area contributed by atoms with Crippen LogP contribution in [0.25, 0.3) is 0 Å². The van der Waals surface area contributed by atoms with Crippen molar-refractivity contribution >= 4 is 29.0 Å². The lowest BCUT2D eigenvalue weighted by molar-refractivity contribution is -0.127. The van der Waals surface area contributed by atoms with Crippen molar-refractivity contribution in [2.75, 3.05) is 5.32 Å². The topological polar surface area (TPSA) is 84.2 Å². The molecule has 0 fully saturated rings. The number of carbonyl (C=O) groups is 2. The summed E-state index contributed by atoms with van der Waals surface area (Å²) in [7, 11) is 0. The van der Waals surface area contributed by atoms with Crippen LogP contribution in [0.2, 0.25) is 0 Å². The Hall–Kier alpha value is -2.93. The lowest BCUT2D eigenvalue weighted by Gasteiger charge is -2.20. The average molecular weight is 398 g/mol. The monoisotopic (exact) mass is 397 g/mol. The highest BCUT2D eigenvalue weighted by atomic mass is 32.1. The van der Waals surface area contributed by atoms with Crippen molar-refractivity contribution in [1.29, 1.82) is 0 Å². The Morgan fingerprint density at radius 3 is 2.50 bits per heavy atom. The van der Waals surface area contributed by atoms with Crippen LogP contribution >= 0.6 is 11.3 Å². The van der Waals surface area contributed by atoms with E-state index in [1.54, 1.807) is 31.3 Å². The van der Waals surface area contributed by atoms with E-state index in [9.17, 15) is 9.59 Å². The van der Waals surface area contributed by atoms with Crippen molar-refractivity contribution in [2.45, 2.75) is 39.2 Å². The Morgan fingerprint density at radius 1 is 1.14 bits per heavy atom. The molecule has 2 aromatic heterocycles. The Morgan fingerprint density at radius 2 is 1.89 bits per heavy atom. The molecule has 2 atom stereocenters. The second kappa shape index (κ2) is 8.84. The van der Waals surface area contributed by atoms with Gasteiger partial charge in [-0.1, -0.05) is 41.1 Å². The third kappa shape index (κ3) is 5.07. The van der Waals surface area contributed by atoms with Gasteiger partial charge in [-0.3, -0.25) is 9.59 Å². The molecule has 7 heteroatoms. The summed E-state index contributed by atoms with van der Waals surface area (Å²) in [5.74, 6) is 0.0279. The van der Waals surface area contributed by atoms with Crippen molar-refractivity contribution in [3.63, 3.8) is 0 Å². The summed E-state index contributed by atoms with van der Waals surface area (Å²) in [6.45, 7) is 5.40. The number of nitrogens with one attached hydrogen (secondary N) is 2. The summed E-state index contributed by atoms with van der Waals surface area (Å²) in [6.07, 6.45) is 0.587. The Balaban J connectivity index is 1.70. The van der Waals surface area contributed by atoms with Crippen LogP contribution in [0.3, 0.4) is 0 Å². The van der Waals surface area contributed by atoms with Crippen LogP contribution in [0.1, 0.15) is 34.6 Å². The number of anilines is 1. The molecule has 0 aliphatic carbocycles. The first kappa shape index (κ1) is 19.8. The van der Waals surface area contributed by atoms with Crippen molar-refractivity contribution in [2.24, 2.45) is 0 Å². The summed E-state index contributed by atoms with van der Waals surface area (Å²) in [6, 6.07) is 12.8. The van der Waals surface area contributed by atoms with Gasteiger partial charge < -0.3 is 15.2 Å². The second-order valence-electron chi connectivity index (χ2n) is 6.79. The zero-order valence-corrected chi connectivity index (χ0v) is 16.9. The van der Waals surface area contributed by atoms with Gasteiger partial charge in [0.15, 0.2) is 5.82 Å². The van der Waals surface area contributed by atoms with Gasteiger partial charge in [0.25, 0.3) is 0 Å². The van der Waals surface area contributed by atoms with Crippen LogP contribution < -0.4 is 10.6 Å². The smallest absolute Gasteiger partial charge is 0.247 e. The van der Waals surface area contributed by atoms with E-state index >= 15 is 0 Å². The fraction of sp³-hybridized carbons (Fsp3) is 0.286. The molecule has 1 aromatic carbocycles. The van der Waals surface area contributed by atoms with Crippen LogP contribution in [0.4, 0.5) is 5.82 Å². The first-order valence-corrected chi connectivity index (χ1v) is 9.94. The molecular formula is C21H23N3O3S. The van der Waals surface area contributed by atoms with Crippen LogP contribution in [-0.2, 0) is 16.0 Å². The molecule has 3 aromatic rings. The molecule has 2 heterocycles. The number of aryl methyl sites for hydroxylation is 2. The highest BCUT2D eigenvalue weighted by Crippen LogP contribution is 2.24. The third-order valence-electron chi connectivity index (χ3n) is 4.41. The molecule has 1 unspecified atom stereocenters. The summed E-state index contributed by atoms with van der Waals surface area (Å²) < 4.78 is 4.94. The maximum absolute atomic E-state index is 13.0. The minimum atomic E-state index is -0.708. The number of thiophene rings is 1. The van der Waals surface area contributed by atoms with Gasteiger partial charge in [0, 0.05) is 10.9 Å². The average Bonchev–Trinajstić information content (AvgIpc) is 3.32. The Bertz CT molecular complexity index is 932. The zero-order chi connectivity index (χ0) is 20.1. The van der Waals surface area contributed by atoms with Gasteiger partial charge in [-0.2, -0.15) is 0 Å². The van der Waals surface area contributed by atoms with Gasteiger partial charge in [0.1, 0.15) is 11.8 Å². The number of hydrogen-bond acceptors (Lipinski definition) is 5. The lowest BCUT2D eigenvalue weighted by Crippen LogP contribution is -2.44. The largest absolute Gasteiger partial charge is 0.360 e. The van der Waals surface area contributed by atoms with E-state index in [4.69, 9.17) is 4.52 Å². The van der Waals surface area contributed by atoms with Crippen LogP contribution in [-0.4, -0.2) is 23.0 Å². The predicted molar refractivity (Wildman–Crippen MR) is 109 cm³/mol. The van der Waals surface area contributed by atoms with E-state index in [1.807, 2.05) is 48.7 Å². The van der Waals surface area contributed by atoms with Crippen LogP contribution in [0.15, 0.2) is 52.4 Å². The minimum absolute atomic E-state index is 0.184. The first-order chi connectivity index (χ1) is 13.4. The van der Waals surface area contributed by atoms with Gasteiger partial charge in [-0.25, -0.2) is 0 Å². The van der Waals surface area contributed by atoms with E-state index < -0.39 is 6.04 Å². The summed E-state index contributed by atoms with van der Waals surface area (Å²) in [4.78, 5) is 26.5. The molecule has 2 N–H and O–H groups in total. The number of hydrogen-bond donors (Lipinski definition) is 2. The standard InChI is InChI=1S/C21H23N3O3S/c1-13-6-8-16(9-7-13)18(12-17-5-4-10-28-17)21(26)22-15(3)20(25)23-19-11-14(2)27-24-19/h4-11,15,18H,12H2,1-3H3,(H,22,26)(H,23,24,25)/t15-,18?/m0/s1. The zero-order valence-electron chi connectivity index (χ0n) is 16.1. The first-order valence-electron chi connectivity index (χ1n) is 9.06. The molecular weight excluding hydrogens is 374 g/mol. The molecule has 6 nitrogen and oxygen atoms in total. The van der Waals surface area contributed by atoms with Crippen LogP contribution in [0, 0.1) is 13.8 Å². The SMILES string of the molecule is Cc1ccc(C(Cc2cccs2)C(=O)N[C@@H](C)C(=O)Nc2cc(C)on2)cc1. The highest BCUT2D eigenvalue weighted by Gasteiger charge is 2.25. The summed E-state index contributed by atoms with van der Waals surface area (Å²) in [5, 5.41) is 11.2. The molecule has 0 aliphatic rings. The fourth-order valence-corrected chi connectivity index (χ4v) is 3.58. The molecule has 0 spiro atoms. The van der Waals surface area contributed by atoms with E-state index in [0.717, 1.165) is 16.0 Å². The fourth-order valence-electron chi connectivity index (χ4n) is 2.83. The number of rotatable bonds is 7. The van der Waals surface area contributed by atoms with E-state index in [0.29, 0.717) is 18.0 Å². The Labute approximate surface area is 167 Å². The molecule has 28 heavy (non-hydrogen) atoms. The van der Waals surface area contributed by atoms with E-state index in [2.05, 4.69) is 15.8 Å². The summed E-state index contributed by atoms with van der Waals surface area (Å²) >= 11 is 1.62. The number of aromatic nitrogens is 1. The molecule has 2 amide bonds. The normalized spacial score (nSPS) is 13.0. The van der Waals surface area contributed by atoms with Gasteiger partial charge in [-0.05, 0) is 44.2 Å². The minimum Gasteiger partial charge on any atom is -0.360 e. The van der Waals surface area contributed by atoms with Crippen molar-refractivity contribution in [3.8, 4) is 0 Å². The van der Waals surface area contributed by atoms with Gasteiger partial charge >= 0.3 is 0 Å². The number of carbonyl (C=O) groups excluding carboxylic acids is 2. The van der Waals surface area contributed by atoms with Gasteiger partial charge in [0.05, 0.1) is 5.92 Å². The van der Waals surface area contributed by atoms with Crippen molar-refractivity contribution in [3.05, 3.63) is 69.6 Å². The number of nitrogens with zero attached hydrogens (tertiary/aromatic N) is 1. The van der Waals surface area contributed by atoms with E-state index in [-0.39, 0.29) is 17.7 Å². The molecule has 0 bridgehead atoms. The maximum Gasteiger partial charge on any atom is 0.247 e. The van der Waals surface area contributed by atoms with E-state index in [1.165, 1.54) is 0 Å². The van der Waals surface area contributed by atoms with Gasteiger partial charge in [0.2, 0.25) is 11.8 Å². The predicted octanol–water partition coefficient (Wildman–Crippen LogP) is 3.82. The van der Waals surface area contributed by atoms with Crippen molar-refractivity contribution < 1.29 is 14.1 Å². The number of benzene rings is 1. The lowest BCUT2D eigenvalue weighted by atomic mass is 9.93. The Kier molecular flexibility index (Phi) is 6.26. The maximum atomic E-state index is 13.0.